The first kappa shape index (κ1) is 12.6. The van der Waals surface area contributed by atoms with E-state index in [1.807, 2.05) is 0 Å². The Morgan fingerprint density at radius 2 is 2.16 bits per heavy atom. The number of hydrogen-bond donors (Lipinski definition) is 1. The molecular formula is C15H18N2OS. The molecule has 0 radical (unpaired) electrons. The van der Waals surface area contributed by atoms with Gasteiger partial charge in [0.25, 0.3) is 0 Å². The number of aliphatic hydroxyl groups is 1. The lowest BCUT2D eigenvalue weighted by molar-refractivity contribution is 0.203. The van der Waals surface area contributed by atoms with Crippen LogP contribution < -0.4 is 4.90 Å². The first-order valence-electron chi connectivity index (χ1n) is 6.67. The molecule has 1 aliphatic rings. The smallest absolute Gasteiger partial charge is 0.185 e. The third-order valence-electron chi connectivity index (χ3n) is 3.65. The van der Waals surface area contributed by atoms with Gasteiger partial charge < -0.3 is 10.0 Å². The van der Waals surface area contributed by atoms with Gasteiger partial charge in [0.2, 0.25) is 0 Å². The fourth-order valence-corrected chi connectivity index (χ4v) is 3.43. The van der Waals surface area contributed by atoms with Crippen molar-refractivity contribution in [3.05, 3.63) is 47.0 Å². The minimum absolute atomic E-state index is 0.418. The van der Waals surface area contributed by atoms with Crippen LogP contribution in [-0.2, 0) is 0 Å². The second kappa shape index (κ2) is 5.31. The van der Waals surface area contributed by atoms with E-state index in [-0.39, 0.29) is 0 Å². The van der Waals surface area contributed by atoms with Crippen molar-refractivity contribution >= 4 is 16.5 Å². The fraction of sp³-hybridized carbons (Fsp3) is 0.400. The quantitative estimate of drug-likeness (QED) is 0.934. The second-order valence-corrected chi connectivity index (χ2v) is 6.10. The van der Waals surface area contributed by atoms with Gasteiger partial charge in [-0.2, -0.15) is 0 Å². The Morgan fingerprint density at radius 3 is 2.84 bits per heavy atom. The van der Waals surface area contributed by atoms with Crippen LogP contribution in [0.25, 0.3) is 0 Å². The number of aromatic nitrogens is 1. The lowest BCUT2D eigenvalue weighted by Gasteiger charge is -2.15. The molecule has 2 atom stereocenters. The molecule has 3 rings (SSSR count). The molecule has 2 aromatic rings. The van der Waals surface area contributed by atoms with Crippen LogP contribution in [0.3, 0.4) is 0 Å². The maximum absolute atomic E-state index is 9.56. The molecule has 1 aromatic carbocycles. The molecule has 1 aromatic heterocycles. The van der Waals surface area contributed by atoms with Gasteiger partial charge in [0.05, 0.1) is 11.0 Å². The van der Waals surface area contributed by atoms with Crippen molar-refractivity contribution in [3.63, 3.8) is 0 Å². The Labute approximate surface area is 117 Å². The van der Waals surface area contributed by atoms with Crippen molar-refractivity contribution < 1.29 is 5.11 Å². The molecule has 2 heterocycles. The Balaban J connectivity index is 1.71. The van der Waals surface area contributed by atoms with E-state index in [9.17, 15) is 5.11 Å². The Kier molecular flexibility index (Phi) is 3.53. The highest BCUT2D eigenvalue weighted by Crippen LogP contribution is 2.34. The normalized spacial score (nSPS) is 20.7. The zero-order valence-electron chi connectivity index (χ0n) is 11.0. The zero-order valence-corrected chi connectivity index (χ0v) is 11.8. The van der Waals surface area contributed by atoms with Crippen molar-refractivity contribution in [2.24, 2.45) is 0 Å². The third-order valence-corrected chi connectivity index (χ3v) is 4.88. The summed E-state index contributed by atoms with van der Waals surface area (Å²) >= 11 is 1.60. The summed E-state index contributed by atoms with van der Waals surface area (Å²) in [5.74, 6) is 0.597. The van der Waals surface area contributed by atoms with Crippen LogP contribution in [0.15, 0.2) is 36.5 Å². The fourth-order valence-electron chi connectivity index (χ4n) is 2.55. The third kappa shape index (κ3) is 2.65. The molecule has 1 aliphatic heterocycles. The standard InChI is InChI=1S/C15H18N2OS/c1-11(18)14-9-16-15(19-14)17-8-7-13(10-17)12-5-3-2-4-6-12/h2-6,9,11,13,18H,7-8,10H2,1H3. The van der Waals surface area contributed by atoms with E-state index in [4.69, 9.17) is 0 Å². The molecule has 0 bridgehead atoms. The van der Waals surface area contributed by atoms with Gasteiger partial charge in [-0.05, 0) is 18.9 Å². The Hall–Kier alpha value is -1.39. The maximum Gasteiger partial charge on any atom is 0.185 e. The molecule has 100 valence electrons. The van der Waals surface area contributed by atoms with Crippen molar-refractivity contribution in [3.8, 4) is 0 Å². The molecule has 0 aliphatic carbocycles. The highest BCUT2D eigenvalue weighted by Gasteiger charge is 2.25. The van der Waals surface area contributed by atoms with Crippen LogP contribution in [-0.4, -0.2) is 23.2 Å². The van der Waals surface area contributed by atoms with E-state index in [2.05, 4.69) is 40.2 Å². The van der Waals surface area contributed by atoms with Crippen molar-refractivity contribution in [1.82, 2.24) is 4.98 Å². The monoisotopic (exact) mass is 274 g/mol. The molecule has 2 unspecified atom stereocenters. The molecular weight excluding hydrogens is 256 g/mol. The van der Waals surface area contributed by atoms with Gasteiger partial charge in [0.1, 0.15) is 0 Å². The van der Waals surface area contributed by atoms with Gasteiger partial charge in [0.15, 0.2) is 5.13 Å². The van der Waals surface area contributed by atoms with Gasteiger partial charge in [0, 0.05) is 25.2 Å². The molecule has 19 heavy (non-hydrogen) atoms. The predicted molar refractivity (Wildman–Crippen MR) is 78.8 cm³/mol. The molecule has 1 N–H and O–H groups in total. The van der Waals surface area contributed by atoms with E-state index in [1.165, 1.54) is 12.0 Å². The number of benzene rings is 1. The number of aliphatic hydroxyl groups excluding tert-OH is 1. The summed E-state index contributed by atoms with van der Waals surface area (Å²) < 4.78 is 0. The SMILES string of the molecule is CC(O)c1cnc(N2CCC(c3ccccc3)C2)s1. The number of hydrogen-bond acceptors (Lipinski definition) is 4. The van der Waals surface area contributed by atoms with Gasteiger partial charge in [-0.1, -0.05) is 41.7 Å². The summed E-state index contributed by atoms with van der Waals surface area (Å²) in [6.07, 6.45) is 2.55. The summed E-state index contributed by atoms with van der Waals surface area (Å²) in [5.41, 5.74) is 1.41. The van der Waals surface area contributed by atoms with Crippen LogP contribution in [0.4, 0.5) is 5.13 Å². The van der Waals surface area contributed by atoms with Crippen LogP contribution in [0.1, 0.15) is 35.8 Å². The van der Waals surface area contributed by atoms with E-state index < -0.39 is 6.10 Å². The minimum atomic E-state index is -0.418. The lowest BCUT2D eigenvalue weighted by Crippen LogP contribution is -2.18. The first-order chi connectivity index (χ1) is 9.24. The number of rotatable bonds is 3. The average Bonchev–Trinajstić information content (AvgIpc) is 3.09. The topological polar surface area (TPSA) is 36.4 Å². The van der Waals surface area contributed by atoms with E-state index in [0.29, 0.717) is 5.92 Å². The molecule has 1 saturated heterocycles. The van der Waals surface area contributed by atoms with Crippen LogP contribution in [0.2, 0.25) is 0 Å². The number of anilines is 1. The van der Waals surface area contributed by atoms with E-state index in [0.717, 1.165) is 23.1 Å². The Bertz CT molecular complexity index is 538. The maximum atomic E-state index is 9.56. The van der Waals surface area contributed by atoms with E-state index in [1.54, 1.807) is 24.5 Å². The minimum Gasteiger partial charge on any atom is -0.388 e. The molecule has 4 heteroatoms. The summed E-state index contributed by atoms with van der Waals surface area (Å²) in [6.45, 7) is 3.86. The van der Waals surface area contributed by atoms with Gasteiger partial charge in [-0.15, -0.1) is 0 Å². The van der Waals surface area contributed by atoms with Crippen LogP contribution >= 0.6 is 11.3 Å². The van der Waals surface area contributed by atoms with Crippen molar-refractivity contribution in [2.45, 2.75) is 25.4 Å². The average molecular weight is 274 g/mol. The Morgan fingerprint density at radius 1 is 1.37 bits per heavy atom. The molecule has 0 spiro atoms. The summed E-state index contributed by atoms with van der Waals surface area (Å²) in [7, 11) is 0. The molecule has 1 fully saturated rings. The summed E-state index contributed by atoms with van der Waals surface area (Å²) in [6, 6.07) is 10.7. The van der Waals surface area contributed by atoms with Gasteiger partial charge in [-0.3, -0.25) is 0 Å². The van der Waals surface area contributed by atoms with E-state index >= 15 is 0 Å². The lowest BCUT2D eigenvalue weighted by atomic mass is 9.99. The van der Waals surface area contributed by atoms with Gasteiger partial charge in [-0.25, -0.2) is 4.98 Å². The van der Waals surface area contributed by atoms with Crippen molar-refractivity contribution in [2.75, 3.05) is 18.0 Å². The van der Waals surface area contributed by atoms with Crippen LogP contribution in [0, 0.1) is 0 Å². The molecule has 3 nitrogen and oxygen atoms in total. The zero-order chi connectivity index (χ0) is 13.2. The number of thiazole rings is 1. The predicted octanol–water partition coefficient (Wildman–Crippen LogP) is 3.19. The van der Waals surface area contributed by atoms with Crippen molar-refractivity contribution in [1.29, 1.82) is 0 Å². The summed E-state index contributed by atoms with van der Waals surface area (Å²) in [5, 5.41) is 10.6. The van der Waals surface area contributed by atoms with Crippen LogP contribution in [0.5, 0.6) is 0 Å². The highest BCUT2D eigenvalue weighted by molar-refractivity contribution is 7.15. The second-order valence-electron chi connectivity index (χ2n) is 5.06. The van der Waals surface area contributed by atoms with Gasteiger partial charge >= 0.3 is 0 Å². The molecule has 0 amide bonds. The summed E-state index contributed by atoms with van der Waals surface area (Å²) in [4.78, 5) is 7.70. The number of nitrogens with zero attached hydrogens (tertiary/aromatic N) is 2. The largest absolute Gasteiger partial charge is 0.388 e. The first-order valence-corrected chi connectivity index (χ1v) is 7.49. The molecule has 0 saturated carbocycles. The highest BCUT2D eigenvalue weighted by atomic mass is 32.1.